The van der Waals surface area contributed by atoms with Gasteiger partial charge in [0.2, 0.25) is 21.8 Å². The van der Waals surface area contributed by atoms with Crippen LogP contribution in [-0.2, 0) is 32.6 Å². The van der Waals surface area contributed by atoms with Crippen LogP contribution >= 0.6 is 11.6 Å². The number of rotatable bonds is 12. The summed E-state index contributed by atoms with van der Waals surface area (Å²) < 4.78 is 27.2. The molecule has 1 atom stereocenters. The van der Waals surface area contributed by atoms with Gasteiger partial charge in [-0.25, -0.2) is 8.42 Å². The molecular formula is C30H36ClN3O4S. The molecule has 0 heterocycles. The Morgan fingerprint density at radius 1 is 0.923 bits per heavy atom. The molecule has 208 valence electrons. The lowest BCUT2D eigenvalue weighted by atomic mass is 10.0. The maximum absolute atomic E-state index is 14.1. The van der Waals surface area contributed by atoms with E-state index in [1.807, 2.05) is 69.3 Å². The van der Waals surface area contributed by atoms with Crippen molar-refractivity contribution in [2.24, 2.45) is 0 Å². The van der Waals surface area contributed by atoms with Crippen molar-refractivity contribution in [1.82, 2.24) is 10.2 Å². The minimum absolute atomic E-state index is 0.0286. The molecule has 9 heteroatoms. The summed E-state index contributed by atoms with van der Waals surface area (Å²) >= 11 is 6.46. The predicted octanol–water partition coefficient (Wildman–Crippen LogP) is 5.01. The van der Waals surface area contributed by atoms with E-state index in [0.29, 0.717) is 22.8 Å². The van der Waals surface area contributed by atoms with E-state index in [-0.39, 0.29) is 24.8 Å². The number of hydrogen-bond acceptors (Lipinski definition) is 4. The number of carbonyl (C=O) groups excluding carboxylic acids is 2. The molecule has 0 bridgehead atoms. The van der Waals surface area contributed by atoms with Gasteiger partial charge in [-0.2, -0.15) is 0 Å². The number of carbonyl (C=O) groups is 2. The highest BCUT2D eigenvalue weighted by Gasteiger charge is 2.33. The number of anilines is 1. The van der Waals surface area contributed by atoms with Crippen LogP contribution in [0.5, 0.6) is 0 Å². The van der Waals surface area contributed by atoms with E-state index < -0.39 is 28.5 Å². The maximum Gasteiger partial charge on any atom is 0.244 e. The molecule has 0 fully saturated rings. The molecule has 3 rings (SSSR count). The first-order chi connectivity index (χ1) is 18.5. The summed E-state index contributed by atoms with van der Waals surface area (Å²) in [4.78, 5) is 28.9. The zero-order chi connectivity index (χ0) is 28.6. The summed E-state index contributed by atoms with van der Waals surface area (Å²) in [5.41, 5.74) is 2.77. The lowest BCUT2D eigenvalue weighted by Crippen LogP contribution is -2.53. The number of nitrogens with one attached hydrogen (secondary N) is 1. The smallest absolute Gasteiger partial charge is 0.244 e. The number of nitrogens with zero attached hydrogens (tertiary/aromatic N) is 2. The van der Waals surface area contributed by atoms with Crippen molar-refractivity contribution < 1.29 is 18.0 Å². The number of halogens is 1. The van der Waals surface area contributed by atoms with Gasteiger partial charge in [-0.3, -0.25) is 13.9 Å². The Kier molecular flexibility index (Phi) is 10.5. The molecule has 39 heavy (non-hydrogen) atoms. The largest absolute Gasteiger partial charge is 0.355 e. The average Bonchev–Trinajstić information content (AvgIpc) is 2.90. The topological polar surface area (TPSA) is 86.8 Å². The minimum atomic E-state index is -3.84. The first-order valence-electron chi connectivity index (χ1n) is 12.9. The lowest BCUT2D eigenvalue weighted by Gasteiger charge is -2.34. The molecule has 3 aromatic rings. The molecule has 0 radical (unpaired) electrons. The third kappa shape index (κ3) is 8.07. The number of amides is 2. The second-order valence-corrected chi connectivity index (χ2v) is 12.0. The van der Waals surface area contributed by atoms with Crippen LogP contribution in [0.1, 0.15) is 43.4 Å². The molecule has 2 amide bonds. The second kappa shape index (κ2) is 13.6. The molecule has 0 aliphatic carbocycles. The van der Waals surface area contributed by atoms with Gasteiger partial charge in [-0.15, -0.1) is 0 Å². The Morgan fingerprint density at radius 2 is 1.54 bits per heavy atom. The zero-order valence-corrected chi connectivity index (χ0v) is 24.4. The van der Waals surface area contributed by atoms with E-state index in [4.69, 9.17) is 11.6 Å². The highest BCUT2D eigenvalue weighted by molar-refractivity contribution is 7.92. The van der Waals surface area contributed by atoms with Crippen LogP contribution in [0.15, 0.2) is 78.9 Å². The number of sulfonamides is 1. The van der Waals surface area contributed by atoms with Crippen LogP contribution in [0.4, 0.5) is 5.69 Å². The summed E-state index contributed by atoms with van der Waals surface area (Å²) in [5.74, 6) is -0.803. The van der Waals surface area contributed by atoms with Crippen molar-refractivity contribution in [3.05, 3.63) is 101 Å². The highest BCUT2D eigenvalue weighted by Crippen LogP contribution is 2.29. The van der Waals surface area contributed by atoms with Gasteiger partial charge < -0.3 is 10.2 Å². The van der Waals surface area contributed by atoms with Gasteiger partial charge in [0.15, 0.2) is 0 Å². The van der Waals surface area contributed by atoms with Crippen molar-refractivity contribution in [2.45, 2.75) is 45.7 Å². The number of para-hydroxylation sites is 1. The van der Waals surface area contributed by atoms with Crippen LogP contribution in [0, 0.1) is 0 Å². The molecule has 0 saturated heterocycles. The fourth-order valence-corrected chi connectivity index (χ4v) is 5.52. The summed E-state index contributed by atoms with van der Waals surface area (Å²) in [6.45, 7) is 5.71. The fourth-order valence-electron chi connectivity index (χ4n) is 4.45. The molecule has 0 spiro atoms. The Balaban J connectivity index is 2.09. The standard InChI is InChI=1S/C30H36ClN3O4S/c1-5-32-30(36)28(19-23-13-7-6-8-14-23)33(20-24-15-9-11-17-26(24)31)29(35)21-34(39(4,37)38)27-18-12-10-16-25(27)22(2)3/h6-18,22,28H,5,19-21H2,1-4H3,(H,32,36). The monoisotopic (exact) mass is 569 g/mol. The van der Waals surface area contributed by atoms with Crippen molar-refractivity contribution in [2.75, 3.05) is 23.7 Å². The summed E-state index contributed by atoms with van der Waals surface area (Å²) in [6.07, 6.45) is 1.34. The van der Waals surface area contributed by atoms with Gasteiger partial charge in [-0.1, -0.05) is 92.2 Å². The van der Waals surface area contributed by atoms with Gasteiger partial charge in [0.05, 0.1) is 11.9 Å². The molecule has 0 aromatic heterocycles. The van der Waals surface area contributed by atoms with E-state index in [2.05, 4.69) is 5.32 Å². The van der Waals surface area contributed by atoms with Gasteiger partial charge in [-0.05, 0) is 41.7 Å². The van der Waals surface area contributed by atoms with Gasteiger partial charge in [0.1, 0.15) is 12.6 Å². The van der Waals surface area contributed by atoms with Crippen LogP contribution < -0.4 is 9.62 Å². The average molecular weight is 570 g/mol. The molecule has 0 aliphatic heterocycles. The van der Waals surface area contributed by atoms with E-state index in [1.54, 1.807) is 30.3 Å². The Morgan fingerprint density at radius 3 is 2.15 bits per heavy atom. The second-order valence-electron chi connectivity index (χ2n) is 9.70. The van der Waals surface area contributed by atoms with E-state index in [1.165, 1.54) is 4.90 Å². The lowest BCUT2D eigenvalue weighted by molar-refractivity contribution is -0.140. The molecule has 0 saturated carbocycles. The number of hydrogen-bond donors (Lipinski definition) is 1. The van der Waals surface area contributed by atoms with Crippen LogP contribution in [-0.4, -0.2) is 50.5 Å². The first kappa shape index (κ1) is 30.2. The van der Waals surface area contributed by atoms with E-state index >= 15 is 0 Å². The Hall–Kier alpha value is -3.36. The molecule has 1 N–H and O–H groups in total. The van der Waals surface area contributed by atoms with Crippen molar-refractivity contribution in [1.29, 1.82) is 0 Å². The Bertz CT molecular complexity index is 1380. The number of benzene rings is 3. The van der Waals surface area contributed by atoms with E-state index in [0.717, 1.165) is 21.7 Å². The van der Waals surface area contributed by atoms with Gasteiger partial charge in [0, 0.05) is 24.5 Å². The summed E-state index contributed by atoms with van der Waals surface area (Å²) in [5, 5.41) is 3.30. The Labute approximate surface area is 236 Å². The van der Waals surface area contributed by atoms with Crippen molar-refractivity contribution >= 4 is 39.1 Å². The quantitative estimate of drug-likeness (QED) is 0.332. The van der Waals surface area contributed by atoms with E-state index in [9.17, 15) is 18.0 Å². The molecule has 3 aromatic carbocycles. The normalized spacial score (nSPS) is 12.2. The summed E-state index contributed by atoms with van der Waals surface area (Å²) in [6, 6.07) is 22.8. The minimum Gasteiger partial charge on any atom is -0.355 e. The highest BCUT2D eigenvalue weighted by atomic mass is 35.5. The molecular weight excluding hydrogens is 534 g/mol. The maximum atomic E-state index is 14.1. The summed E-state index contributed by atoms with van der Waals surface area (Å²) in [7, 11) is -3.84. The zero-order valence-electron chi connectivity index (χ0n) is 22.8. The van der Waals surface area contributed by atoms with Gasteiger partial charge >= 0.3 is 0 Å². The van der Waals surface area contributed by atoms with Gasteiger partial charge in [0.25, 0.3) is 0 Å². The van der Waals surface area contributed by atoms with Crippen LogP contribution in [0.2, 0.25) is 5.02 Å². The predicted molar refractivity (Wildman–Crippen MR) is 157 cm³/mol. The number of likely N-dealkylation sites (N-methyl/N-ethyl adjacent to an activating group) is 1. The molecule has 7 nitrogen and oxygen atoms in total. The van der Waals surface area contributed by atoms with Crippen molar-refractivity contribution in [3.63, 3.8) is 0 Å². The fraction of sp³-hybridized carbons (Fsp3) is 0.333. The van der Waals surface area contributed by atoms with Crippen LogP contribution in [0.3, 0.4) is 0 Å². The SMILES string of the molecule is CCNC(=O)C(Cc1ccccc1)N(Cc1ccccc1Cl)C(=O)CN(c1ccccc1C(C)C)S(C)(=O)=O. The third-order valence-corrected chi connectivity index (χ3v) is 7.92. The molecule has 1 unspecified atom stereocenters. The third-order valence-electron chi connectivity index (χ3n) is 6.43. The molecule has 0 aliphatic rings. The van der Waals surface area contributed by atoms with Crippen molar-refractivity contribution in [3.8, 4) is 0 Å². The van der Waals surface area contributed by atoms with Crippen LogP contribution in [0.25, 0.3) is 0 Å². The first-order valence-corrected chi connectivity index (χ1v) is 15.2.